The summed E-state index contributed by atoms with van der Waals surface area (Å²) in [5.74, 6) is 0.737. The summed E-state index contributed by atoms with van der Waals surface area (Å²) >= 11 is 1.38. The molecule has 72 valence electrons. The van der Waals surface area contributed by atoms with Gasteiger partial charge in [0.2, 0.25) is 0 Å². The summed E-state index contributed by atoms with van der Waals surface area (Å²) in [5.41, 5.74) is 0.779. The first kappa shape index (κ1) is 9.27. The van der Waals surface area contributed by atoms with Crippen molar-refractivity contribution in [3.8, 4) is 0 Å². The minimum atomic E-state index is 0.0144. The third-order valence-corrected chi connectivity index (χ3v) is 2.87. The Labute approximate surface area is 85.9 Å². The molecule has 1 aromatic heterocycles. The summed E-state index contributed by atoms with van der Waals surface area (Å²) in [6.45, 7) is 1.84. The molecule has 0 aliphatic rings. The van der Waals surface area contributed by atoms with E-state index in [1.165, 1.54) is 11.9 Å². The Morgan fingerprint density at radius 3 is 2.79 bits per heavy atom. The summed E-state index contributed by atoms with van der Waals surface area (Å²) < 4.78 is 1.60. The van der Waals surface area contributed by atoms with Gasteiger partial charge in [0.1, 0.15) is 5.82 Å². The van der Waals surface area contributed by atoms with Crippen molar-refractivity contribution in [1.29, 1.82) is 0 Å². The maximum Gasteiger partial charge on any atom is 0.271 e. The summed E-state index contributed by atoms with van der Waals surface area (Å²) in [4.78, 5) is 16.2. The lowest BCUT2D eigenvalue weighted by atomic mass is 10.2. The van der Waals surface area contributed by atoms with Crippen LogP contribution in [0.3, 0.4) is 0 Å². The van der Waals surface area contributed by atoms with Crippen molar-refractivity contribution >= 4 is 22.9 Å². The average molecular weight is 206 g/mol. The Morgan fingerprint density at radius 2 is 2.07 bits per heavy atom. The topological polar surface area (TPSA) is 34.9 Å². The van der Waals surface area contributed by atoms with Crippen molar-refractivity contribution < 1.29 is 0 Å². The van der Waals surface area contributed by atoms with Gasteiger partial charge in [-0.25, -0.2) is 8.96 Å². The minimum Gasteiger partial charge on any atom is -0.268 e. The van der Waals surface area contributed by atoms with Crippen LogP contribution in [0.15, 0.2) is 29.1 Å². The molecule has 2 aromatic rings. The standard InChI is InChI=1S/C10H10N2OS/c1-7-11-9-6-4-3-5-8(9)10(13)12(7)14-2/h3-6H,1-2H3. The fourth-order valence-corrected chi connectivity index (χ4v) is 2.01. The molecule has 1 aromatic carbocycles. The van der Waals surface area contributed by atoms with Gasteiger partial charge in [-0.15, -0.1) is 0 Å². The molecule has 1 heterocycles. The van der Waals surface area contributed by atoms with Crippen molar-refractivity contribution in [3.05, 3.63) is 40.4 Å². The van der Waals surface area contributed by atoms with Crippen LogP contribution in [0, 0.1) is 6.92 Å². The Kier molecular flexibility index (Phi) is 2.29. The molecule has 0 spiro atoms. The Hall–Kier alpha value is -1.29. The second-order valence-corrected chi connectivity index (χ2v) is 3.69. The molecular weight excluding hydrogens is 196 g/mol. The third kappa shape index (κ3) is 1.32. The molecule has 4 heteroatoms. The number of nitrogens with zero attached hydrogens (tertiary/aromatic N) is 2. The summed E-state index contributed by atoms with van der Waals surface area (Å²) in [5, 5.41) is 0.674. The van der Waals surface area contributed by atoms with Crippen LogP contribution in [0.25, 0.3) is 10.9 Å². The van der Waals surface area contributed by atoms with E-state index in [4.69, 9.17) is 0 Å². The highest BCUT2D eigenvalue weighted by Gasteiger charge is 2.05. The molecule has 0 fully saturated rings. The van der Waals surface area contributed by atoms with Crippen LogP contribution < -0.4 is 5.56 Å². The Bertz CT molecular complexity index is 533. The van der Waals surface area contributed by atoms with Crippen LogP contribution in [-0.4, -0.2) is 15.2 Å². The molecule has 0 radical (unpaired) electrons. The fraction of sp³-hybridized carbons (Fsp3) is 0.200. The third-order valence-electron chi connectivity index (χ3n) is 2.08. The van der Waals surface area contributed by atoms with Gasteiger partial charge in [0.15, 0.2) is 0 Å². The molecule has 0 bridgehead atoms. The molecule has 14 heavy (non-hydrogen) atoms. The molecule has 0 amide bonds. The van der Waals surface area contributed by atoms with E-state index in [1.807, 2.05) is 31.4 Å². The second kappa shape index (κ2) is 3.46. The lowest BCUT2D eigenvalue weighted by molar-refractivity contribution is 1.00. The van der Waals surface area contributed by atoms with Crippen LogP contribution in [0.1, 0.15) is 5.82 Å². The van der Waals surface area contributed by atoms with E-state index < -0.39 is 0 Å². The Morgan fingerprint density at radius 1 is 1.36 bits per heavy atom. The van der Waals surface area contributed by atoms with Gasteiger partial charge in [-0.2, -0.15) is 0 Å². The van der Waals surface area contributed by atoms with Crippen LogP contribution in [0.4, 0.5) is 0 Å². The SMILES string of the molecule is CSn1c(C)nc2ccccc2c1=O. The zero-order valence-corrected chi connectivity index (χ0v) is 8.84. The van der Waals surface area contributed by atoms with Crippen molar-refractivity contribution in [2.24, 2.45) is 0 Å². The molecule has 2 rings (SSSR count). The Balaban J connectivity index is 2.93. The number of hydrogen-bond acceptors (Lipinski definition) is 3. The second-order valence-electron chi connectivity index (χ2n) is 2.96. The maximum atomic E-state index is 11.9. The lowest BCUT2D eigenvalue weighted by Crippen LogP contribution is -2.18. The van der Waals surface area contributed by atoms with E-state index in [2.05, 4.69) is 4.98 Å². The van der Waals surface area contributed by atoms with Gasteiger partial charge in [-0.1, -0.05) is 12.1 Å². The highest BCUT2D eigenvalue weighted by Crippen LogP contribution is 2.09. The van der Waals surface area contributed by atoms with E-state index in [0.717, 1.165) is 11.3 Å². The number of hydrogen-bond donors (Lipinski definition) is 0. The van der Waals surface area contributed by atoms with E-state index in [-0.39, 0.29) is 5.56 Å². The molecule has 3 nitrogen and oxygen atoms in total. The first-order valence-corrected chi connectivity index (χ1v) is 5.45. The zero-order valence-electron chi connectivity index (χ0n) is 8.02. The summed E-state index contributed by atoms with van der Waals surface area (Å²) in [6, 6.07) is 7.40. The van der Waals surface area contributed by atoms with Crippen LogP contribution in [-0.2, 0) is 0 Å². The molecule has 0 atom stereocenters. The highest BCUT2D eigenvalue weighted by atomic mass is 32.2. The zero-order chi connectivity index (χ0) is 10.1. The monoisotopic (exact) mass is 206 g/mol. The number of fused-ring (bicyclic) bond motifs is 1. The predicted molar refractivity (Wildman–Crippen MR) is 59.7 cm³/mol. The van der Waals surface area contributed by atoms with Gasteiger partial charge < -0.3 is 0 Å². The van der Waals surface area contributed by atoms with Gasteiger partial charge in [0, 0.05) is 6.26 Å². The van der Waals surface area contributed by atoms with Crippen molar-refractivity contribution in [2.45, 2.75) is 6.92 Å². The number of rotatable bonds is 1. The van der Waals surface area contributed by atoms with E-state index in [1.54, 1.807) is 10.0 Å². The minimum absolute atomic E-state index is 0.0144. The van der Waals surface area contributed by atoms with Crippen molar-refractivity contribution in [2.75, 3.05) is 6.26 Å². The quantitative estimate of drug-likeness (QED) is 0.714. The number of para-hydroxylation sites is 1. The predicted octanol–water partition coefficient (Wildman–Crippen LogP) is 1.83. The van der Waals surface area contributed by atoms with Crippen LogP contribution in [0.2, 0.25) is 0 Å². The molecule has 0 unspecified atom stereocenters. The van der Waals surface area contributed by atoms with Crippen molar-refractivity contribution in [1.82, 2.24) is 8.96 Å². The van der Waals surface area contributed by atoms with Crippen molar-refractivity contribution in [3.63, 3.8) is 0 Å². The molecule has 0 saturated heterocycles. The number of aryl methyl sites for hydroxylation is 1. The maximum absolute atomic E-state index is 11.9. The molecule has 0 aliphatic heterocycles. The van der Waals surface area contributed by atoms with E-state index in [0.29, 0.717) is 5.39 Å². The lowest BCUT2D eigenvalue weighted by Gasteiger charge is -2.05. The van der Waals surface area contributed by atoms with Crippen LogP contribution in [0.5, 0.6) is 0 Å². The largest absolute Gasteiger partial charge is 0.271 e. The van der Waals surface area contributed by atoms with E-state index in [9.17, 15) is 4.79 Å². The first-order valence-electron chi connectivity index (χ1n) is 4.27. The number of benzene rings is 1. The van der Waals surface area contributed by atoms with Gasteiger partial charge >= 0.3 is 0 Å². The summed E-state index contributed by atoms with van der Waals surface area (Å²) in [7, 11) is 0. The van der Waals surface area contributed by atoms with Gasteiger partial charge in [0.05, 0.1) is 10.9 Å². The number of aromatic nitrogens is 2. The van der Waals surface area contributed by atoms with Gasteiger partial charge in [-0.3, -0.25) is 4.79 Å². The first-order chi connectivity index (χ1) is 6.74. The molecule has 0 saturated carbocycles. The highest BCUT2D eigenvalue weighted by molar-refractivity contribution is 7.97. The molecule has 0 aliphatic carbocycles. The average Bonchev–Trinajstić information content (AvgIpc) is 2.18. The molecular formula is C10H10N2OS. The smallest absolute Gasteiger partial charge is 0.268 e. The molecule has 0 N–H and O–H groups in total. The van der Waals surface area contributed by atoms with Crippen LogP contribution >= 0.6 is 11.9 Å². The van der Waals surface area contributed by atoms with Gasteiger partial charge in [-0.05, 0) is 31.0 Å². The summed E-state index contributed by atoms with van der Waals surface area (Å²) in [6.07, 6.45) is 1.87. The fourth-order valence-electron chi connectivity index (χ4n) is 1.44. The normalized spacial score (nSPS) is 10.7. The van der Waals surface area contributed by atoms with E-state index >= 15 is 0 Å². The van der Waals surface area contributed by atoms with Gasteiger partial charge in [0.25, 0.3) is 5.56 Å².